The summed E-state index contributed by atoms with van der Waals surface area (Å²) in [6, 6.07) is 3.77. The highest BCUT2D eigenvalue weighted by Crippen LogP contribution is 2.30. The van der Waals surface area contributed by atoms with Crippen molar-refractivity contribution in [2.24, 2.45) is 5.92 Å². The maximum absolute atomic E-state index is 5.72. The van der Waals surface area contributed by atoms with Gasteiger partial charge in [-0.15, -0.1) is 5.10 Å². The minimum Gasteiger partial charge on any atom is -0.297 e. The van der Waals surface area contributed by atoms with Crippen LogP contribution in [-0.2, 0) is 6.54 Å². The van der Waals surface area contributed by atoms with E-state index in [0.29, 0.717) is 5.15 Å². The fourth-order valence-corrected chi connectivity index (χ4v) is 1.97. The molecule has 0 unspecified atom stereocenters. The Bertz CT molecular complexity index is 322. The molecule has 0 aromatic carbocycles. The lowest BCUT2D eigenvalue weighted by molar-refractivity contribution is 0.251. The van der Waals surface area contributed by atoms with Gasteiger partial charge >= 0.3 is 0 Å². The summed E-state index contributed by atoms with van der Waals surface area (Å²) in [6.07, 6.45) is 3.98. The molecule has 88 valence electrons. The molecule has 1 aliphatic rings. The Morgan fingerprint density at radius 2 is 2.19 bits per heavy atom. The lowest BCUT2D eigenvalue weighted by Crippen LogP contribution is -2.27. The van der Waals surface area contributed by atoms with Gasteiger partial charge in [-0.25, -0.2) is 0 Å². The molecule has 1 heterocycles. The maximum atomic E-state index is 5.72. The highest BCUT2D eigenvalue weighted by molar-refractivity contribution is 6.29. The smallest absolute Gasteiger partial charge is 0.151 e. The van der Waals surface area contributed by atoms with E-state index in [4.69, 9.17) is 11.6 Å². The van der Waals surface area contributed by atoms with Gasteiger partial charge in [0.2, 0.25) is 0 Å². The van der Waals surface area contributed by atoms with Crippen molar-refractivity contribution in [2.75, 3.05) is 13.1 Å². The molecule has 0 radical (unpaired) electrons. The third kappa shape index (κ3) is 3.72. The van der Waals surface area contributed by atoms with Crippen LogP contribution in [0.4, 0.5) is 0 Å². The highest BCUT2D eigenvalue weighted by Gasteiger charge is 2.24. The molecule has 4 heteroatoms. The van der Waals surface area contributed by atoms with Gasteiger partial charge in [0, 0.05) is 13.1 Å². The molecule has 1 aromatic heterocycles. The van der Waals surface area contributed by atoms with Crippen LogP contribution in [0.5, 0.6) is 0 Å². The molecule has 0 atom stereocenters. The maximum Gasteiger partial charge on any atom is 0.151 e. The first kappa shape index (κ1) is 11.8. The Labute approximate surface area is 102 Å². The minimum atomic E-state index is 0.466. The zero-order valence-electron chi connectivity index (χ0n) is 9.69. The van der Waals surface area contributed by atoms with Crippen molar-refractivity contribution in [2.45, 2.75) is 32.7 Å². The van der Waals surface area contributed by atoms with Gasteiger partial charge in [0.1, 0.15) is 0 Å². The zero-order chi connectivity index (χ0) is 11.4. The lowest BCUT2D eigenvalue weighted by atomic mass is 10.3. The van der Waals surface area contributed by atoms with E-state index in [1.807, 2.05) is 12.1 Å². The number of hydrogen-bond donors (Lipinski definition) is 0. The molecule has 0 spiro atoms. The second-order valence-electron chi connectivity index (χ2n) is 4.53. The molecule has 2 rings (SSSR count). The number of halogens is 1. The summed E-state index contributed by atoms with van der Waals surface area (Å²) in [7, 11) is 0. The first-order valence-electron chi connectivity index (χ1n) is 5.98. The Balaban J connectivity index is 1.90. The molecule has 0 amide bonds. The predicted molar refractivity (Wildman–Crippen MR) is 65.3 cm³/mol. The molecular weight excluding hydrogens is 222 g/mol. The number of aromatic nitrogens is 2. The van der Waals surface area contributed by atoms with Crippen LogP contribution in [0.2, 0.25) is 5.15 Å². The Kier molecular flexibility index (Phi) is 4.13. The van der Waals surface area contributed by atoms with Crippen molar-refractivity contribution in [3.05, 3.63) is 23.0 Å². The third-order valence-electron chi connectivity index (χ3n) is 2.83. The first-order valence-corrected chi connectivity index (χ1v) is 6.36. The summed E-state index contributed by atoms with van der Waals surface area (Å²) in [5.41, 5.74) is 1.01. The topological polar surface area (TPSA) is 29.0 Å². The van der Waals surface area contributed by atoms with Crippen molar-refractivity contribution in [3.63, 3.8) is 0 Å². The minimum absolute atomic E-state index is 0.466. The normalized spacial score (nSPS) is 15.7. The molecule has 1 fully saturated rings. The van der Waals surface area contributed by atoms with E-state index < -0.39 is 0 Å². The quantitative estimate of drug-likeness (QED) is 0.765. The van der Waals surface area contributed by atoms with Gasteiger partial charge in [0.25, 0.3) is 0 Å². The Morgan fingerprint density at radius 1 is 1.38 bits per heavy atom. The van der Waals surface area contributed by atoms with Gasteiger partial charge in [-0.3, -0.25) is 4.90 Å². The van der Waals surface area contributed by atoms with Gasteiger partial charge in [0.05, 0.1) is 5.69 Å². The Morgan fingerprint density at radius 3 is 2.75 bits per heavy atom. The molecule has 1 aliphatic carbocycles. The molecule has 0 bridgehead atoms. The van der Waals surface area contributed by atoms with Crippen molar-refractivity contribution in [1.29, 1.82) is 0 Å². The van der Waals surface area contributed by atoms with Gasteiger partial charge < -0.3 is 0 Å². The molecule has 0 saturated heterocycles. The van der Waals surface area contributed by atoms with Crippen LogP contribution in [0.25, 0.3) is 0 Å². The fourth-order valence-electron chi connectivity index (χ4n) is 1.87. The van der Waals surface area contributed by atoms with Crippen molar-refractivity contribution in [1.82, 2.24) is 15.1 Å². The van der Waals surface area contributed by atoms with Crippen LogP contribution in [0.1, 0.15) is 31.9 Å². The van der Waals surface area contributed by atoms with E-state index in [0.717, 1.165) is 24.7 Å². The summed E-state index contributed by atoms with van der Waals surface area (Å²) >= 11 is 5.72. The standard InChI is InChI=1S/C12H18ClN3/c1-2-7-16(8-10-3-4-10)9-11-5-6-12(13)15-14-11/h5-6,10H,2-4,7-9H2,1H3. The van der Waals surface area contributed by atoms with Crippen LogP contribution in [0.3, 0.4) is 0 Å². The molecule has 1 saturated carbocycles. The van der Waals surface area contributed by atoms with E-state index in [2.05, 4.69) is 22.0 Å². The summed E-state index contributed by atoms with van der Waals surface area (Å²) < 4.78 is 0. The molecule has 0 N–H and O–H groups in total. The monoisotopic (exact) mass is 239 g/mol. The largest absolute Gasteiger partial charge is 0.297 e. The van der Waals surface area contributed by atoms with Crippen molar-refractivity contribution in [3.8, 4) is 0 Å². The summed E-state index contributed by atoms with van der Waals surface area (Å²) in [5, 5.41) is 8.45. The molecule has 16 heavy (non-hydrogen) atoms. The van der Waals surface area contributed by atoms with Crippen LogP contribution in [0, 0.1) is 5.92 Å². The fraction of sp³-hybridized carbons (Fsp3) is 0.667. The first-order chi connectivity index (χ1) is 7.78. The molecule has 3 nitrogen and oxygen atoms in total. The van der Waals surface area contributed by atoms with E-state index in [-0.39, 0.29) is 0 Å². The zero-order valence-corrected chi connectivity index (χ0v) is 10.5. The van der Waals surface area contributed by atoms with Crippen LogP contribution < -0.4 is 0 Å². The van der Waals surface area contributed by atoms with E-state index in [9.17, 15) is 0 Å². The van der Waals surface area contributed by atoms with Crippen molar-refractivity contribution < 1.29 is 0 Å². The molecule has 1 aromatic rings. The summed E-state index contributed by atoms with van der Waals surface area (Å²) in [6.45, 7) is 5.46. The average molecular weight is 240 g/mol. The number of hydrogen-bond acceptors (Lipinski definition) is 3. The second kappa shape index (κ2) is 5.60. The lowest BCUT2D eigenvalue weighted by Gasteiger charge is -2.20. The van der Waals surface area contributed by atoms with Crippen LogP contribution in [0.15, 0.2) is 12.1 Å². The SMILES string of the molecule is CCCN(Cc1ccc(Cl)nn1)CC1CC1. The summed E-state index contributed by atoms with van der Waals surface area (Å²) in [4.78, 5) is 2.47. The van der Waals surface area contributed by atoms with Crippen LogP contribution >= 0.6 is 11.6 Å². The third-order valence-corrected chi connectivity index (χ3v) is 3.03. The molecule has 0 aliphatic heterocycles. The van der Waals surface area contributed by atoms with Gasteiger partial charge in [-0.2, -0.15) is 5.10 Å². The van der Waals surface area contributed by atoms with E-state index in [1.54, 1.807) is 0 Å². The number of nitrogens with zero attached hydrogens (tertiary/aromatic N) is 3. The predicted octanol–water partition coefficient (Wildman–Crippen LogP) is 2.75. The highest BCUT2D eigenvalue weighted by atomic mass is 35.5. The van der Waals surface area contributed by atoms with Crippen molar-refractivity contribution >= 4 is 11.6 Å². The summed E-state index contributed by atoms with van der Waals surface area (Å²) in [5.74, 6) is 0.923. The van der Waals surface area contributed by atoms with Crippen LogP contribution in [-0.4, -0.2) is 28.2 Å². The second-order valence-corrected chi connectivity index (χ2v) is 4.91. The number of rotatable bonds is 6. The van der Waals surface area contributed by atoms with E-state index >= 15 is 0 Å². The average Bonchev–Trinajstić information content (AvgIpc) is 3.06. The van der Waals surface area contributed by atoms with Gasteiger partial charge in [-0.1, -0.05) is 18.5 Å². The Hall–Kier alpha value is -0.670. The van der Waals surface area contributed by atoms with Gasteiger partial charge in [-0.05, 0) is 43.9 Å². The molecular formula is C12H18ClN3. The van der Waals surface area contributed by atoms with Gasteiger partial charge in [0.15, 0.2) is 5.15 Å². The van der Waals surface area contributed by atoms with E-state index in [1.165, 1.54) is 25.8 Å².